The third kappa shape index (κ3) is 6.94. The molecule has 158 valence electrons. The van der Waals surface area contributed by atoms with Crippen molar-refractivity contribution in [3.8, 4) is 0 Å². The number of benzene rings is 1. The van der Waals surface area contributed by atoms with E-state index in [1.165, 1.54) is 12.5 Å². The molecule has 1 aromatic carbocycles. The summed E-state index contributed by atoms with van der Waals surface area (Å²) in [4.78, 5) is 20.6. The quantitative estimate of drug-likeness (QED) is 0.491. The highest BCUT2D eigenvalue weighted by Gasteiger charge is 2.14. The van der Waals surface area contributed by atoms with Crippen LogP contribution < -0.4 is 16.0 Å². The lowest BCUT2D eigenvalue weighted by atomic mass is 10.1. The van der Waals surface area contributed by atoms with Crippen molar-refractivity contribution in [3.05, 3.63) is 34.4 Å². The predicted octanol–water partition coefficient (Wildman–Crippen LogP) is 3.73. The lowest BCUT2D eigenvalue weighted by Crippen LogP contribution is -2.28. The molecule has 29 heavy (non-hydrogen) atoms. The molecular formula is C18H25BrN6O3S. The Morgan fingerprint density at radius 2 is 1.93 bits per heavy atom. The van der Waals surface area contributed by atoms with Gasteiger partial charge >= 0.3 is 6.03 Å². The molecule has 2 aromatic rings. The number of aliphatic hydroxyl groups is 1. The normalized spacial score (nSPS) is 13.3. The molecule has 0 radical (unpaired) electrons. The number of urea groups is 1. The Kier molecular flexibility index (Phi) is 7.55. The summed E-state index contributed by atoms with van der Waals surface area (Å²) in [6, 6.07) is 4.43. The minimum atomic E-state index is -2.54. The largest absolute Gasteiger partial charge is 0.391 e. The summed E-state index contributed by atoms with van der Waals surface area (Å²) in [5.74, 6) is 0.882. The van der Waals surface area contributed by atoms with Crippen LogP contribution in [-0.2, 0) is 9.73 Å². The van der Waals surface area contributed by atoms with Crippen molar-refractivity contribution in [1.82, 2.24) is 9.97 Å². The Balaban J connectivity index is 2.25. The molecule has 0 unspecified atom stereocenters. The maximum atomic E-state index is 12.0. The number of carbonyl (C=O) groups is 1. The second-order valence-corrected chi connectivity index (χ2v) is 10.3. The summed E-state index contributed by atoms with van der Waals surface area (Å²) in [5, 5.41) is 18.6. The number of halogens is 1. The van der Waals surface area contributed by atoms with Gasteiger partial charge in [-0.25, -0.2) is 14.0 Å². The van der Waals surface area contributed by atoms with Gasteiger partial charge in [-0.05, 0) is 54.4 Å². The van der Waals surface area contributed by atoms with Gasteiger partial charge in [-0.15, -0.1) is 4.36 Å². The van der Waals surface area contributed by atoms with Crippen LogP contribution >= 0.6 is 15.9 Å². The smallest absolute Gasteiger partial charge is 0.353 e. The van der Waals surface area contributed by atoms with Crippen LogP contribution in [-0.4, -0.2) is 50.0 Å². The van der Waals surface area contributed by atoms with E-state index >= 15 is 0 Å². The average molecular weight is 485 g/mol. The van der Waals surface area contributed by atoms with E-state index in [9.17, 15) is 14.1 Å². The molecule has 0 aliphatic heterocycles. The van der Waals surface area contributed by atoms with Gasteiger partial charge in [0.15, 0.2) is 0 Å². The summed E-state index contributed by atoms with van der Waals surface area (Å²) in [5.41, 5.74) is 1.96. The van der Waals surface area contributed by atoms with Crippen LogP contribution in [0.5, 0.6) is 0 Å². The van der Waals surface area contributed by atoms with Crippen LogP contribution in [0.1, 0.15) is 19.4 Å². The number of aromatic nitrogens is 2. The molecule has 9 nitrogen and oxygen atoms in total. The first-order valence-corrected chi connectivity index (χ1v) is 11.9. The fourth-order valence-electron chi connectivity index (χ4n) is 2.23. The highest BCUT2D eigenvalue weighted by molar-refractivity contribution is 9.10. The zero-order chi connectivity index (χ0) is 21.8. The van der Waals surface area contributed by atoms with Gasteiger partial charge in [0, 0.05) is 30.1 Å². The minimum Gasteiger partial charge on any atom is -0.391 e. The molecule has 2 amide bonds. The second-order valence-electron chi connectivity index (χ2n) is 6.87. The third-order valence-electron chi connectivity index (χ3n) is 3.96. The minimum absolute atomic E-state index is 0.203. The van der Waals surface area contributed by atoms with E-state index < -0.39 is 21.9 Å². The summed E-state index contributed by atoms with van der Waals surface area (Å²) < 4.78 is 16.0. The van der Waals surface area contributed by atoms with E-state index in [-0.39, 0.29) is 6.04 Å². The van der Waals surface area contributed by atoms with Crippen molar-refractivity contribution in [1.29, 1.82) is 0 Å². The topological polar surface area (TPSA) is 129 Å². The van der Waals surface area contributed by atoms with Crippen molar-refractivity contribution >= 4 is 54.8 Å². The Bertz CT molecular complexity index is 1010. The number of nitrogens with zero attached hydrogens (tertiary/aromatic N) is 3. The molecule has 0 fully saturated rings. The third-order valence-corrected chi connectivity index (χ3v) is 5.14. The van der Waals surface area contributed by atoms with E-state index in [1.54, 1.807) is 25.3 Å². The fourth-order valence-corrected chi connectivity index (χ4v) is 2.98. The SMILES string of the molecule is Cc1c(NC(=O)N=S(C)(C)=O)cccc1Nc1ncc(Br)c(N[C@H](C)[C@@H](C)O)n1. The van der Waals surface area contributed by atoms with Gasteiger partial charge in [0.2, 0.25) is 5.95 Å². The van der Waals surface area contributed by atoms with E-state index in [4.69, 9.17) is 0 Å². The molecule has 11 heteroatoms. The molecule has 1 aromatic heterocycles. The summed E-state index contributed by atoms with van der Waals surface area (Å²) in [6.07, 6.45) is 3.84. The molecule has 0 bridgehead atoms. The second kappa shape index (κ2) is 9.51. The molecule has 2 rings (SSSR count). The molecule has 2 atom stereocenters. The van der Waals surface area contributed by atoms with Gasteiger partial charge in [0.25, 0.3) is 0 Å². The zero-order valence-corrected chi connectivity index (χ0v) is 19.3. The summed E-state index contributed by atoms with van der Waals surface area (Å²) >= 11 is 3.39. The van der Waals surface area contributed by atoms with Crippen molar-refractivity contribution < 1.29 is 14.1 Å². The van der Waals surface area contributed by atoms with Crippen LogP contribution in [0.4, 0.5) is 27.9 Å². The number of aliphatic hydroxyl groups excluding tert-OH is 1. The van der Waals surface area contributed by atoms with Gasteiger partial charge in [-0.2, -0.15) is 4.98 Å². The van der Waals surface area contributed by atoms with Gasteiger partial charge in [0.1, 0.15) is 5.82 Å². The number of anilines is 4. The first-order valence-electron chi connectivity index (χ1n) is 8.78. The van der Waals surface area contributed by atoms with Crippen LogP contribution in [0.25, 0.3) is 0 Å². The predicted molar refractivity (Wildman–Crippen MR) is 120 cm³/mol. The number of hydrogen-bond donors (Lipinski definition) is 4. The van der Waals surface area contributed by atoms with Gasteiger partial charge in [-0.3, -0.25) is 0 Å². The number of nitrogens with one attached hydrogen (secondary N) is 3. The van der Waals surface area contributed by atoms with Crippen molar-refractivity contribution in [2.75, 3.05) is 28.5 Å². The summed E-state index contributed by atoms with van der Waals surface area (Å²) in [6.45, 7) is 5.36. The maximum absolute atomic E-state index is 12.0. The van der Waals surface area contributed by atoms with Crippen LogP contribution in [0.15, 0.2) is 33.2 Å². The number of carbonyl (C=O) groups excluding carboxylic acids is 1. The monoisotopic (exact) mass is 484 g/mol. The Morgan fingerprint density at radius 1 is 1.28 bits per heavy atom. The van der Waals surface area contributed by atoms with E-state index in [0.29, 0.717) is 27.6 Å². The highest BCUT2D eigenvalue weighted by Crippen LogP contribution is 2.27. The van der Waals surface area contributed by atoms with E-state index in [2.05, 4.69) is 46.2 Å². The van der Waals surface area contributed by atoms with Gasteiger partial charge in [-0.1, -0.05) is 6.07 Å². The molecule has 0 saturated heterocycles. The average Bonchev–Trinajstić information content (AvgIpc) is 2.59. The van der Waals surface area contributed by atoms with Crippen LogP contribution in [0.2, 0.25) is 0 Å². The first kappa shape index (κ1) is 23.0. The van der Waals surface area contributed by atoms with E-state index in [1.807, 2.05) is 19.9 Å². The molecular weight excluding hydrogens is 460 g/mol. The molecule has 0 aliphatic carbocycles. The molecule has 1 heterocycles. The standard InChI is InChI=1S/C18H25BrN6O3S/c1-10-14(7-6-8-15(10)23-18(27)25-29(4,5)28)22-17-20-9-13(19)16(24-17)21-11(2)12(3)26/h6-9,11-12,26H,1-5H3,(H,23,27)(H2,20,21,22,24)/t11-,12-/m1/s1. The molecule has 0 spiro atoms. The van der Waals surface area contributed by atoms with Crippen molar-refractivity contribution in [2.24, 2.45) is 4.36 Å². The molecule has 0 saturated carbocycles. The number of hydrogen-bond acceptors (Lipinski definition) is 7. The molecule has 4 N–H and O–H groups in total. The van der Waals surface area contributed by atoms with Crippen molar-refractivity contribution in [2.45, 2.75) is 32.9 Å². The number of rotatable bonds is 6. The lowest BCUT2D eigenvalue weighted by molar-refractivity contribution is 0.177. The lowest BCUT2D eigenvalue weighted by Gasteiger charge is -2.19. The Morgan fingerprint density at radius 3 is 2.55 bits per heavy atom. The Labute approximate surface area is 179 Å². The number of amides is 2. The van der Waals surface area contributed by atoms with Crippen LogP contribution in [0, 0.1) is 6.92 Å². The van der Waals surface area contributed by atoms with Gasteiger partial charge in [0.05, 0.1) is 26.3 Å². The highest BCUT2D eigenvalue weighted by atomic mass is 79.9. The maximum Gasteiger partial charge on any atom is 0.353 e. The zero-order valence-electron chi connectivity index (χ0n) is 16.9. The molecule has 0 aliphatic rings. The summed E-state index contributed by atoms with van der Waals surface area (Å²) in [7, 11) is -2.54. The van der Waals surface area contributed by atoms with Crippen molar-refractivity contribution in [3.63, 3.8) is 0 Å². The Hall–Kier alpha value is -2.24. The fraction of sp³-hybridized carbons (Fsp3) is 0.389. The van der Waals surface area contributed by atoms with E-state index in [0.717, 1.165) is 5.56 Å². The van der Waals surface area contributed by atoms with Gasteiger partial charge < -0.3 is 21.1 Å². The van der Waals surface area contributed by atoms with Crippen LogP contribution in [0.3, 0.4) is 0 Å². The first-order chi connectivity index (χ1) is 13.5.